The van der Waals surface area contributed by atoms with E-state index in [4.69, 9.17) is 10.9 Å². The molecule has 1 rings (SSSR count). The summed E-state index contributed by atoms with van der Waals surface area (Å²) in [6, 6.07) is 0.171. The lowest BCUT2D eigenvalue weighted by atomic mass is 10.2. The van der Waals surface area contributed by atoms with Gasteiger partial charge in [-0.3, -0.25) is 0 Å². The van der Waals surface area contributed by atoms with Gasteiger partial charge in [-0.25, -0.2) is 4.98 Å². The summed E-state index contributed by atoms with van der Waals surface area (Å²) < 4.78 is 0. The predicted octanol–water partition coefficient (Wildman–Crippen LogP) is 1.07. The molecule has 0 aliphatic rings. The molecule has 0 aliphatic heterocycles. The maximum atomic E-state index is 8.40. The summed E-state index contributed by atoms with van der Waals surface area (Å²) in [5.41, 5.74) is 6.44. The van der Waals surface area contributed by atoms with Gasteiger partial charge in [0, 0.05) is 30.1 Å². The van der Waals surface area contributed by atoms with Gasteiger partial charge in [0.15, 0.2) is 0 Å². The number of thiazole rings is 1. The van der Waals surface area contributed by atoms with Crippen molar-refractivity contribution in [2.24, 2.45) is 10.9 Å². The van der Waals surface area contributed by atoms with Crippen LogP contribution >= 0.6 is 11.3 Å². The van der Waals surface area contributed by atoms with Crippen molar-refractivity contribution in [2.45, 2.75) is 32.9 Å². The molecule has 0 saturated heterocycles. The molecule has 1 unspecified atom stereocenters. The lowest BCUT2D eigenvalue weighted by molar-refractivity contribution is 0.316. The number of hydrogen-bond acceptors (Lipinski definition) is 5. The minimum absolute atomic E-state index is 0.171. The maximum Gasteiger partial charge on any atom is 0.140 e. The first-order valence-corrected chi connectivity index (χ1v) is 5.60. The molecule has 0 fully saturated rings. The molecule has 1 aromatic rings. The molecule has 0 spiro atoms. The van der Waals surface area contributed by atoms with E-state index < -0.39 is 0 Å². The van der Waals surface area contributed by atoms with Crippen molar-refractivity contribution < 1.29 is 5.21 Å². The number of hydrogen-bond donors (Lipinski definition) is 3. The largest absolute Gasteiger partial charge is 0.409 e. The Morgan fingerprint density at radius 3 is 3.07 bits per heavy atom. The quantitative estimate of drug-likeness (QED) is 0.304. The van der Waals surface area contributed by atoms with Gasteiger partial charge in [0.2, 0.25) is 0 Å². The normalized spacial score (nSPS) is 14.1. The Balaban J connectivity index is 2.31. The molecule has 6 heteroatoms. The lowest BCUT2D eigenvalue weighted by Gasteiger charge is -2.11. The number of aryl methyl sites for hydroxylation is 1. The number of nitrogens with zero attached hydrogens (tertiary/aromatic N) is 2. The van der Waals surface area contributed by atoms with E-state index in [9.17, 15) is 0 Å². The Hall–Kier alpha value is -1.14. The SMILES string of the molecule is Cc1csc(CNC(C)CC(N)=NO)n1. The van der Waals surface area contributed by atoms with E-state index in [1.54, 1.807) is 11.3 Å². The van der Waals surface area contributed by atoms with Crippen LogP contribution in [0, 0.1) is 6.92 Å². The Morgan fingerprint density at radius 2 is 2.53 bits per heavy atom. The first-order chi connectivity index (χ1) is 7.11. The van der Waals surface area contributed by atoms with Crippen LogP contribution in [0.4, 0.5) is 0 Å². The van der Waals surface area contributed by atoms with Crippen molar-refractivity contribution in [1.29, 1.82) is 0 Å². The molecular weight excluding hydrogens is 212 g/mol. The molecule has 0 aromatic carbocycles. The molecule has 0 radical (unpaired) electrons. The average molecular weight is 228 g/mol. The smallest absolute Gasteiger partial charge is 0.140 e. The predicted molar refractivity (Wildman–Crippen MR) is 61.2 cm³/mol. The molecular formula is C9H16N4OS. The van der Waals surface area contributed by atoms with E-state index in [0.717, 1.165) is 17.2 Å². The first-order valence-electron chi connectivity index (χ1n) is 4.72. The summed E-state index contributed by atoms with van der Waals surface area (Å²) in [5, 5.41) is 17.7. The van der Waals surface area contributed by atoms with Crippen LogP contribution in [0.2, 0.25) is 0 Å². The van der Waals surface area contributed by atoms with Crippen LogP contribution < -0.4 is 11.1 Å². The molecule has 0 aliphatic carbocycles. The number of nitrogens with two attached hydrogens (primary N) is 1. The number of nitrogens with one attached hydrogen (secondary N) is 1. The highest BCUT2D eigenvalue weighted by molar-refractivity contribution is 7.09. The highest BCUT2D eigenvalue weighted by Gasteiger charge is 2.05. The fourth-order valence-electron chi connectivity index (χ4n) is 1.17. The number of amidine groups is 1. The van der Waals surface area contributed by atoms with Gasteiger partial charge in [-0.2, -0.15) is 0 Å². The Kier molecular flexibility index (Phi) is 4.51. The zero-order chi connectivity index (χ0) is 11.3. The highest BCUT2D eigenvalue weighted by Crippen LogP contribution is 2.08. The molecule has 0 bridgehead atoms. The average Bonchev–Trinajstić information content (AvgIpc) is 2.61. The molecule has 4 N–H and O–H groups in total. The van der Waals surface area contributed by atoms with Crippen molar-refractivity contribution in [3.8, 4) is 0 Å². The van der Waals surface area contributed by atoms with Crippen LogP contribution in [0.1, 0.15) is 24.0 Å². The third-order valence-electron chi connectivity index (χ3n) is 1.91. The second-order valence-electron chi connectivity index (χ2n) is 3.46. The molecule has 0 saturated carbocycles. The third-order valence-corrected chi connectivity index (χ3v) is 2.88. The summed E-state index contributed by atoms with van der Waals surface area (Å²) in [6.07, 6.45) is 0.529. The van der Waals surface area contributed by atoms with Gasteiger partial charge in [-0.15, -0.1) is 11.3 Å². The zero-order valence-electron chi connectivity index (χ0n) is 8.90. The van der Waals surface area contributed by atoms with E-state index in [2.05, 4.69) is 15.5 Å². The second-order valence-corrected chi connectivity index (χ2v) is 4.40. The molecule has 84 valence electrons. The molecule has 1 heterocycles. The van der Waals surface area contributed by atoms with Gasteiger partial charge < -0.3 is 16.3 Å². The van der Waals surface area contributed by atoms with Crippen molar-refractivity contribution in [3.63, 3.8) is 0 Å². The van der Waals surface area contributed by atoms with Crippen molar-refractivity contribution in [1.82, 2.24) is 10.3 Å². The van der Waals surface area contributed by atoms with Crippen molar-refractivity contribution >= 4 is 17.2 Å². The number of oxime groups is 1. The third kappa shape index (κ3) is 4.26. The fourth-order valence-corrected chi connectivity index (χ4v) is 1.89. The van der Waals surface area contributed by atoms with Gasteiger partial charge in [0.05, 0.1) is 0 Å². The minimum Gasteiger partial charge on any atom is -0.409 e. The molecule has 1 atom stereocenters. The second kappa shape index (κ2) is 5.67. The Bertz CT molecular complexity index is 337. The van der Waals surface area contributed by atoms with Crippen LogP contribution in [-0.2, 0) is 6.54 Å². The minimum atomic E-state index is 0.171. The van der Waals surface area contributed by atoms with Gasteiger partial charge in [-0.1, -0.05) is 5.16 Å². The van der Waals surface area contributed by atoms with Gasteiger partial charge in [0.25, 0.3) is 0 Å². The van der Waals surface area contributed by atoms with Crippen LogP contribution in [-0.4, -0.2) is 22.1 Å². The standard InChI is InChI=1S/C9H16N4OS/c1-6(3-8(10)13-14)11-4-9-12-7(2)5-15-9/h5-6,11,14H,3-4H2,1-2H3,(H2,10,13). The zero-order valence-corrected chi connectivity index (χ0v) is 9.71. The molecule has 0 amide bonds. The van der Waals surface area contributed by atoms with Gasteiger partial charge in [-0.05, 0) is 13.8 Å². The Labute approximate surface area is 93.0 Å². The van der Waals surface area contributed by atoms with E-state index >= 15 is 0 Å². The van der Waals surface area contributed by atoms with E-state index in [-0.39, 0.29) is 11.9 Å². The van der Waals surface area contributed by atoms with E-state index in [0.29, 0.717) is 6.42 Å². The highest BCUT2D eigenvalue weighted by atomic mass is 32.1. The maximum absolute atomic E-state index is 8.40. The Morgan fingerprint density at radius 1 is 1.80 bits per heavy atom. The summed E-state index contributed by atoms with van der Waals surface area (Å²) in [6.45, 7) is 4.68. The molecule has 1 aromatic heterocycles. The summed E-state index contributed by atoms with van der Waals surface area (Å²) in [4.78, 5) is 4.33. The van der Waals surface area contributed by atoms with Gasteiger partial charge >= 0.3 is 0 Å². The monoisotopic (exact) mass is 228 g/mol. The molecule has 15 heavy (non-hydrogen) atoms. The lowest BCUT2D eigenvalue weighted by Crippen LogP contribution is -2.30. The summed E-state index contributed by atoms with van der Waals surface area (Å²) in [7, 11) is 0. The first kappa shape index (κ1) is 11.9. The van der Waals surface area contributed by atoms with Crippen molar-refractivity contribution in [3.05, 3.63) is 16.1 Å². The van der Waals surface area contributed by atoms with Crippen LogP contribution in [0.15, 0.2) is 10.5 Å². The molecule has 5 nitrogen and oxygen atoms in total. The van der Waals surface area contributed by atoms with Crippen LogP contribution in [0.3, 0.4) is 0 Å². The topological polar surface area (TPSA) is 83.5 Å². The number of rotatable bonds is 5. The summed E-state index contributed by atoms with van der Waals surface area (Å²) in [5.74, 6) is 0.241. The van der Waals surface area contributed by atoms with E-state index in [1.165, 1.54) is 0 Å². The summed E-state index contributed by atoms with van der Waals surface area (Å²) >= 11 is 1.63. The van der Waals surface area contributed by atoms with Crippen LogP contribution in [0.5, 0.6) is 0 Å². The van der Waals surface area contributed by atoms with Crippen LogP contribution in [0.25, 0.3) is 0 Å². The van der Waals surface area contributed by atoms with E-state index in [1.807, 2.05) is 19.2 Å². The van der Waals surface area contributed by atoms with Crippen molar-refractivity contribution in [2.75, 3.05) is 0 Å². The number of aromatic nitrogens is 1. The van der Waals surface area contributed by atoms with Gasteiger partial charge in [0.1, 0.15) is 10.8 Å². The fraction of sp³-hybridized carbons (Fsp3) is 0.556.